The quantitative estimate of drug-likeness (QED) is 0.531. The summed E-state index contributed by atoms with van der Waals surface area (Å²) in [5.41, 5.74) is 0. The summed E-state index contributed by atoms with van der Waals surface area (Å²) in [5, 5.41) is 7.42. The van der Waals surface area contributed by atoms with Gasteiger partial charge in [0.1, 0.15) is 0 Å². The second kappa shape index (κ2) is 8.87. The van der Waals surface area contributed by atoms with Gasteiger partial charge in [-0.05, 0) is 0 Å². The van der Waals surface area contributed by atoms with Gasteiger partial charge in [-0.2, -0.15) is 0 Å². The first-order chi connectivity index (χ1) is 2.73. The molecule has 6 heavy (non-hydrogen) atoms. The maximum absolute atomic E-state index is 9.00. The number of nitrogens with one attached hydrogen (secondary N) is 1. The summed E-state index contributed by atoms with van der Waals surface area (Å²) < 4.78 is 5.60. The van der Waals surface area contributed by atoms with Gasteiger partial charge in [0.25, 0.3) is 5.97 Å². The Labute approximate surface area is 46.4 Å². The zero-order valence-corrected chi connectivity index (χ0v) is 4.73. The molecule has 0 fully saturated rings. The van der Waals surface area contributed by atoms with Crippen LogP contribution in [-0.2, 0) is 23.8 Å². The van der Waals surface area contributed by atoms with Gasteiger partial charge >= 0.3 is 23.0 Å². The van der Waals surface area contributed by atoms with E-state index < -0.39 is 5.97 Å². The predicted octanol–water partition coefficient (Wildman–Crippen LogP) is 0.386. The summed E-state index contributed by atoms with van der Waals surface area (Å²) in [6.07, 6.45) is 0. The van der Waals surface area contributed by atoms with Crippen LogP contribution in [0.1, 0.15) is 6.92 Å². The number of carbonyl (C=O) groups is 1. The zero-order chi connectivity index (χ0) is 5.58. The number of rotatable bonds is 0. The van der Waals surface area contributed by atoms with E-state index >= 15 is 0 Å². The molecule has 0 saturated carbocycles. The van der Waals surface area contributed by atoms with Gasteiger partial charge in [0, 0.05) is 6.92 Å². The molecule has 0 amide bonds. The van der Waals surface area contributed by atoms with Crippen molar-refractivity contribution in [3.63, 3.8) is 0 Å². The van der Waals surface area contributed by atoms with Crippen molar-refractivity contribution in [2.24, 2.45) is 0 Å². The monoisotopic (exact) mass is 181 g/mol. The molecule has 0 radical (unpaired) electrons. The Morgan fingerprint density at radius 2 is 1.83 bits per heavy atom. The van der Waals surface area contributed by atoms with Crippen LogP contribution in [-0.4, -0.2) is 11.1 Å². The average molecular weight is 181 g/mol. The first kappa shape index (κ1) is 9.33. The van der Waals surface area contributed by atoms with E-state index in [1.54, 1.807) is 0 Å². The summed E-state index contributed by atoms with van der Waals surface area (Å²) in [6, 6.07) is 0. The molecule has 0 heterocycles. The normalized spacial score (nSPS) is 5.17. The minimum absolute atomic E-state index is 0.833. The Morgan fingerprint density at radius 3 is 1.83 bits per heavy atom. The standard InChI is InChI=1S/C2H4O2.HN.Pd/c1-2(3)4;;/h1H3,(H,3,4);1H;. The van der Waals surface area contributed by atoms with Crippen LogP contribution in [0.15, 0.2) is 0 Å². The number of aliphatic carboxylic acids is 1. The summed E-state index contributed by atoms with van der Waals surface area (Å²) in [4.78, 5) is 9.00. The van der Waals surface area contributed by atoms with Crippen molar-refractivity contribution >= 4 is 5.97 Å². The van der Waals surface area contributed by atoms with Crippen molar-refractivity contribution in [2.45, 2.75) is 6.92 Å². The van der Waals surface area contributed by atoms with E-state index in [1.807, 2.05) is 19.0 Å². The molecule has 4 heteroatoms. The van der Waals surface area contributed by atoms with E-state index in [1.165, 1.54) is 0 Å². The molecule has 0 rings (SSSR count). The van der Waals surface area contributed by atoms with Crippen LogP contribution in [0, 0.1) is 3.99 Å². The van der Waals surface area contributed by atoms with Gasteiger partial charge in [-0.15, -0.1) is 0 Å². The second-order valence-corrected chi connectivity index (χ2v) is 0.519. The van der Waals surface area contributed by atoms with Gasteiger partial charge < -0.3 is 5.11 Å². The Bertz CT molecular complexity index is 42.8. The van der Waals surface area contributed by atoms with Gasteiger partial charge in [0.05, 0.1) is 0 Å². The minimum atomic E-state index is -0.833. The fourth-order valence-electron chi connectivity index (χ4n) is 0. The maximum atomic E-state index is 9.00. The van der Waals surface area contributed by atoms with Crippen molar-refractivity contribution in [2.75, 3.05) is 0 Å². The Morgan fingerprint density at radius 1 is 1.83 bits per heavy atom. The summed E-state index contributed by atoms with van der Waals surface area (Å²) in [7, 11) is 0. The molecule has 0 aliphatic rings. The van der Waals surface area contributed by atoms with Crippen LogP contribution in [0.25, 0.3) is 0 Å². The van der Waals surface area contributed by atoms with Crippen LogP contribution in [0.3, 0.4) is 0 Å². The third-order valence-electron chi connectivity index (χ3n) is 0. The molecule has 40 valence electrons. The molecule has 2 N–H and O–H groups in total. The summed E-state index contributed by atoms with van der Waals surface area (Å²) in [5.74, 6) is -0.833. The topological polar surface area (TPSA) is 61.1 Å². The first-order valence-electron chi connectivity index (χ1n) is 1.09. The number of hydrogen-bond acceptors (Lipinski definition) is 2. The van der Waals surface area contributed by atoms with Crippen molar-refractivity contribution in [1.82, 2.24) is 0 Å². The molecular weight excluding hydrogens is 176 g/mol. The Kier molecular flexibility index (Phi) is 13.8. The molecule has 0 aromatic rings. The first-order valence-corrected chi connectivity index (χ1v) is 1.86. The van der Waals surface area contributed by atoms with Crippen LogP contribution in [0.4, 0.5) is 0 Å². The van der Waals surface area contributed by atoms with Crippen molar-refractivity contribution in [3.8, 4) is 0 Å². The van der Waals surface area contributed by atoms with Gasteiger partial charge in [-0.25, -0.2) is 0 Å². The molecule has 0 aromatic carbocycles. The number of carboxylic acid groups (broad SMARTS) is 1. The van der Waals surface area contributed by atoms with Crippen LogP contribution in [0.5, 0.6) is 0 Å². The van der Waals surface area contributed by atoms with Gasteiger partial charge in [0.2, 0.25) is 0 Å². The third-order valence-corrected chi connectivity index (χ3v) is 0. The molecule has 3 nitrogen and oxygen atoms in total. The van der Waals surface area contributed by atoms with Gasteiger partial charge in [0.15, 0.2) is 0 Å². The molecular formula is C2H5NO2Pd. The van der Waals surface area contributed by atoms with E-state index in [4.69, 9.17) is 13.9 Å². The van der Waals surface area contributed by atoms with Crippen LogP contribution >= 0.6 is 0 Å². The molecule has 0 spiro atoms. The summed E-state index contributed by atoms with van der Waals surface area (Å²) in [6.45, 7) is 1.08. The van der Waals surface area contributed by atoms with Crippen molar-refractivity contribution < 1.29 is 28.9 Å². The fraction of sp³-hybridized carbons (Fsp3) is 0.500. The molecule has 0 bridgehead atoms. The number of hydrogen-bond donors (Lipinski definition) is 2. The summed E-state index contributed by atoms with van der Waals surface area (Å²) >= 11 is 2.00. The van der Waals surface area contributed by atoms with Gasteiger partial charge in [-0.3, -0.25) is 4.79 Å². The van der Waals surface area contributed by atoms with E-state index in [0.717, 1.165) is 6.92 Å². The zero-order valence-electron chi connectivity index (χ0n) is 3.17. The van der Waals surface area contributed by atoms with E-state index in [-0.39, 0.29) is 0 Å². The Balaban J connectivity index is 0. The molecule has 0 aliphatic carbocycles. The third kappa shape index (κ3) is 7390. The molecule has 0 unspecified atom stereocenters. The molecule has 0 aliphatic heterocycles. The van der Waals surface area contributed by atoms with E-state index in [2.05, 4.69) is 0 Å². The van der Waals surface area contributed by atoms with Crippen molar-refractivity contribution in [3.05, 3.63) is 0 Å². The number of carboxylic acids is 1. The molecule has 0 aromatic heterocycles. The SMILES string of the molecule is CC(=O)O.[NH]=[Pd]. The molecule has 0 saturated heterocycles. The van der Waals surface area contributed by atoms with E-state index in [9.17, 15) is 0 Å². The average Bonchev–Trinajstić information content (AvgIpc) is 1.41. The van der Waals surface area contributed by atoms with Crippen LogP contribution < -0.4 is 0 Å². The predicted molar refractivity (Wildman–Crippen MR) is 16.0 cm³/mol. The van der Waals surface area contributed by atoms with Crippen molar-refractivity contribution in [1.29, 1.82) is 3.99 Å². The van der Waals surface area contributed by atoms with Gasteiger partial charge in [-0.1, -0.05) is 0 Å². The second-order valence-electron chi connectivity index (χ2n) is 0.519. The fourth-order valence-corrected chi connectivity index (χ4v) is 0. The molecule has 0 atom stereocenters. The Hall–Kier alpha value is -0.0677. The van der Waals surface area contributed by atoms with Crippen LogP contribution in [0.2, 0.25) is 0 Å². The van der Waals surface area contributed by atoms with E-state index in [0.29, 0.717) is 0 Å².